The number of pyridine rings is 1. The lowest BCUT2D eigenvalue weighted by molar-refractivity contribution is -0.144. The molecule has 218 valence electrons. The lowest BCUT2D eigenvalue weighted by Gasteiger charge is -2.36. The first kappa shape index (κ1) is 29.4. The molecule has 11 heteroatoms. The van der Waals surface area contributed by atoms with Crippen molar-refractivity contribution in [3.63, 3.8) is 0 Å². The van der Waals surface area contributed by atoms with Crippen LogP contribution in [0.2, 0.25) is 0 Å². The van der Waals surface area contributed by atoms with Gasteiger partial charge in [-0.1, -0.05) is 54.0 Å². The molecule has 3 heterocycles. The summed E-state index contributed by atoms with van der Waals surface area (Å²) in [5.41, 5.74) is 0.443. The number of hydrogen-bond acceptors (Lipinski definition) is 7. The van der Waals surface area contributed by atoms with Crippen molar-refractivity contribution < 1.29 is 19.2 Å². The maximum atomic E-state index is 13.9. The lowest BCUT2D eigenvalue weighted by Crippen LogP contribution is -2.64. The molecular weight excluding hydrogens is 558 g/mol. The topological polar surface area (TPSA) is 120 Å². The van der Waals surface area contributed by atoms with E-state index in [1.54, 1.807) is 39.6 Å². The Labute approximate surface area is 248 Å². The summed E-state index contributed by atoms with van der Waals surface area (Å²) in [6.45, 7) is 2.10. The molecule has 4 amide bonds. The van der Waals surface area contributed by atoms with Crippen LogP contribution in [0.1, 0.15) is 63.0 Å². The second-order valence-electron chi connectivity index (χ2n) is 10.9. The number of amides is 4. The Balaban J connectivity index is 1.30. The van der Waals surface area contributed by atoms with E-state index in [9.17, 15) is 19.2 Å². The van der Waals surface area contributed by atoms with Crippen molar-refractivity contribution in [2.24, 2.45) is 0 Å². The second kappa shape index (κ2) is 13.3. The Morgan fingerprint density at radius 2 is 1.83 bits per heavy atom. The van der Waals surface area contributed by atoms with Crippen molar-refractivity contribution in [2.75, 3.05) is 12.3 Å². The van der Waals surface area contributed by atoms with E-state index in [0.717, 1.165) is 41.2 Å². The van der Waals surface area contributed by atoms with Crippen LogP contribution >= 0.6 is 21.6 Å². The smallest absolute Gasteiger partial charge is 0.251 e. The van der Waals surface area contributed by atoms with E-state index in [0.29, 0.717) is 38.6 Å². The van der Waals surface area contributed by atoms with Crippen molar-refractivity contribution >= 4 is 45.2 Å². The highest BCUT2D eigenvalue weighted by atomic mass is 33.1. The van der Waals surface area contributed by atoms with Crippen molar-refractivity contribution in [1.29, 1.82) is 0 Å². The van der Waals surface area contributed by atoms with Crippen LogP contribution in [-0.4, -0.2) is 63.9 Å². The molecule has 2 aliphatic heterocycles. The molecule has 1 spiro atoms. The number of fused-ring (bicyclic) bond motifs is 3. The summed E-state index contributed by atoms with van der Waals surface area (Å²) in [5.74, 6) is -0.392. The Bertz CT molecular complexity index is 1280. The second-order valence-corrected chi connectivity index (χ2v) is 13.4. The zero-order chi connectivity index (χ0) is 28.8. The molecule has 3 aliphatic rings. The first-order valence-electron chi connectivity index (χ1n) is 14.4. The molecule has 0 radical (unpaired) electrons. The summed E-state index contributed by atoms with van der Waals surface area (Å²) in [6, 6.07) is 11.2. The molecule has 1 aromatic heterocycles. The van der Waals surface area contributed by atoms with Gasteiger partial charge in [0.1, 0.15) is 28.7 Å². The standard InChI is InChI=1S/C30H37N5O4S2/c1-20-28(38)35-18-9-13-24(35)27(37)33-23(12-3-2-8-19-40-41-25-14-6-7-17-31-25)26(36)34-30(29(39)32-20)16-15-21-10-4-5-11-22(21)30/h4-7,10-11,14,17,20,23-24H,2-3,8-9,12-13,15-16,18-19H2,1H3,(H,32,39)(H,33,37)(H,34,36). The van der Waals surface area contributed by atoms with Crippen molar-refractivity contribution in [3.05, 3.63) is 59.8 Å². The van der Waals surface area contributed by atoms with Crippen LogP contribution in [-0.2, 0) is 31.1 Å². The van der Waals surface area contributed by atoms with Gasteiger partial charge >= 0.3 is 0 Å². The van der Waals surface area contributed by atoms with Crippen LogP contribution in [0.4, 0.5) is 0 Å². The number of nitrogens with one attached hydrogen (secondary N) is 3. The number of benzene rings is 1. The van der Waals surface area contributed by atoms with Crippen LogP contribution < -0.4 is 16.0 Å². The van der Waals surface area contributed by atoms with Gasteiger partial charge in [0.15, 0.2) is 0 Å². The lowest BCUT2D eigenvalue weighted by atomic mass is 9.89. The molecular formula is C30H37N5O4S2. The predicted molar refractivity (Wildman–Crippen MR) is 160 cm³/mol. The molecule has 4 unspecified atom stereocenters. The molecule has 5 rings (SSSR count). The number of hydrogen-bond donors (Lipinski definition) is 3. The highest BCUT2D eigenvalue weighted by Crippen LogP contribution is 2.38. The molecule has 2 saturated heterocycles. The van der Waals surface area contributed by atoms with E-state index in [2.05, 4.69) is 20.9 Å². The summed E-state index contributed by atoms with van der Waals surface area (Å²) < 4.78 is 0. The number of carbonyl (C=O) groups is 4. The molecule has 2 fully saturated rings. The largest absolute Gasteiger partial charge is 0.343 e. The minimum atomic E-state index is -1.30. The molecule has 0 saturated carbocycles. The highest BCUT2D eigenvalue weighted by Gasteiger charge is 2.49. The van der Waals surface area contributed by atoms with Crippen molar-refractivity contribution in [1.82, 2.24) is 25.8 Å². The van der Waals surface area contributed by atoms with Crippen LogP contribution in [0.3, 0.4) is 0 Å². The minimum absolute atomic E-state index is 0.276. The number of unbranched alkanes of at least 4 members (excludes halogenated alkanes) is 2. The molecule has 0 bridgehead atoms. The van der Waals surface area contributed by atoms with E-state index in [1.165, 1.54) is 0 Å². The fraction of sp³-hybridized carbons (Fsp3) is 0.500. The SMILES string of the molecule is CC1NC(=O)C2(CCc3ccccc32)NC(=O)C(CCCCCSSc2ccccn2)NC(=O)C2CCCN2C1=O. The summed E-state index contributed by atoms with van der Waals surface area (Å²) in [6.07, 6.45) is 7.10. The zero-order valence-electron chi connectivity index (χ0n) is 23.3. The summed E-state index contributed by atoms with van der Waals surface area (Å²) in [4.78, 5) is 60.4. The molecule has 9 nitrogen and oxygen atoms in total. The van der Waals surface area contributed by atoms with Crippen LogP contribution in [0.15, 0.2) is 53.7 Å². The van der Waals surface area contributed by atoms with Gasteiger partial charge in [-0.15, -0.1) is 0 Å². The van der Waals surface area contributed by atoms with Crippen molar-refractivity contribution in [3.8, 4) is 0 Å². The summed E-state index contributed by atoms with van der Waals surface area (Å²) >= 11 is 0. The normalized spacial score (nSPS) is 26.5. The van der Waals surface area contributed by atoms with Gasteiger partial charge in [0.05, 0.1) is 0 Å². The average molecular weight is 596 g/mol. The number of carbonyl (C=O) groups excluding carboxylic acids is 4. The maximum absolute atomic E-state index is 13.9. The van der Waals surface area contributed by atoms with Crippen molar-refractivity contribution in [2.45, 2.75) is 87.0 Å². The fourth-order valence-electron chi connectivity index (χ4n) is 5.99. The summed E-state index contributed by atoms with van der Waals surface area (Å²) in [5, 5.41) is 9.88. The molecule has 1 aromatic carbocycles. The number of nitrogens with zero attached hydrogens (tertiary/aromatic N) is 2. The van der Waals surface area contributed by atoms with Crippen LogP contribution in [0, 0.1) is 0 Å². The van der Waals surface area contributed by atoms with Gasteiger partial charge in [-0.3, -0.25) is 19.2 Å². The predicted octanol–water partition coefficient (Wildman–Crippen LogP) is 3.33. The Kier molecular flexibility index (Phi) is 9.54. The molecule has 4 atom stereocenters. The third kappa shape index (κ3) is 6.56. The summed E-state index contributed by atoms with van der Waals surface area (Å²) in [7, 11) is 3.40. The zero-order valence-corrected chi connectivity index (χ0v) is 24.9. The Morgan fingerprint density at radius 3 is 2.66 bits per heavy atom. The van der Waals surface area contributed by atoms with E-state index in [1.807, 2.05) is 42.5 Å². The molecule has 41 heavy (non-hydrogen) atoms. The highest BCUT2D eigenvalue weighted by molar-refractivity contribution is 8.76. The van der Waals surface area contributed by atoms with Gasteiger partial charge in [0.2, 0.25) is 17.7 Å². The first-order chi connectivity index (χ1) is 19.9. The van der Waals surface area contributed by atoms with Gasteiger partial charge < -0.3 is 20.9 Å². The van der Waals surface area contributed by atoms with Gasteiger partial charge in [0.25, 0.3) is 5.91 Å². The maximum Gasteiger partial charge on any atom is 0.251 e. The van der Waals surface area contributed by atoms with E-state index < -0.39 is 23.7 Å². The van der Waals surface area contributed by atoms with Crippen LogP contribution in [0.5, 0.6) is 0 Å². The number of aryl methyl sites for hydroxylation is 1. The number of aromatic nitrogens is 1. The third-order valence-electron chi connectivity index (χ3n) is 8.16. The first-order valence-corrected chi connectivity index (χ1v) is 16.7. The molecule has 1 aliphatic carbocycles. The van der Waals surface area contributed by atoms with E-state index >= 15 is 0 Å². The van der Waals surface area contributed by atoms with Gasteiger partial charge in [-0.05, 0) is 79.5 Å². The number of rotatable bonds is 8. The van der Waals surface area contributed by atoms with Crippen LogP contribution in [0.25, 0.3) is 0 Å². The quantitative estimate of drug-likeness (QED) is 0.316. The Hall–Kier alpha value is -3.05. The fourth-order valence-corrected chi connectivity index (χ4v) is 8.01. The average Bonchev–Trinajstić information content (AvgIpc) is 3.62. The molecule has 2 aromatic rings. The Morgan fingerprint density at radius 1 is 1.00 bits per heavy atom. The van der Waals surface area contributed by atoms with Gasteiger partial charge in [-0.2, -0.15) is 0 Å². The van der Waals surface area contributed by atoms with Gasteiger partial charge in [-0.25, -0.2) is 4.98 Å². The minimum Gasteiger partial charge on any atom is -0.343 e. The van der Waals surface area contributed by atoms with Gasteiger partial charge in [0, 0.05) is 18.5 Å². The molecule has 3 N–H and O–H groups in total. The van der Waals surface area contributed by atoms with E-state index in [4.69, 9.17) is 0 Å². The van der Waals surface area contributed by atoms with E-state index in [-0.39, 0.29) is 23.6 Å². The monoisotopic (exact) mass is 595 g/mol. The third-order valence-corrected chi connectivity index (χ3v) is 10.5.